The van der Waals surface area contributed by atoms with E-state index in [1.54, 1.807) is 0 Å². The second-order valence-electron chi connectivity index (χ2n) is 9.66. The molecule has 0 heterocycles. The molecular formula is C27H32F4O2. The number of halogens is 4. The topological polar surface area (TPSA) is 18.5 Å². The highest BCUT2D eigenvalue weighted by atomic mass is 19.2. The van der Waals surface area contributed by atoms with Crippen LogP contribution in [0.1, 0.15) is 58.3 Å². The van der Waals surface area contributed by atoms with Gasteiger partial charge in [-0.1, -0.05) is 26.2 Å². The number of ether oxygens (including phenoxy) is 2. The minimum atomic E-state index is -1.29. The standard InChI is InChI=1S/C27H32F4O2/c1-3-4-16-5-7-19-14-17(6-8-18(19)13-16)15-33-23-12-10-21(25(29)27(23)31)20-9-11-22(32-2)26(30)24(20)28/h9-12,16-19H,3-8,13-15H2,1-2H3. The number of hydrogen-bond acceptors (Lipinski definition) is 2. The van der Waals surface area contributed by atoms with Gasteiger partial charge in [-0.25, -0.2) is 8.78 Å². The van der Waals surface area contributed by atoms with Gasteiger partial charge in [0.15, 0.2) is 23.1 Å². The van der Waals surface area contributed by atoms with Gasteiger partial charge < -0.3 is 9.47 Å². The Labute approximate surface area is 193 Å². The summed E-state index contributed by atoms with van der Waals surface area (Å²) in [6, 6.07) is 4.87. The maximum atomic E-state index is 14.8. The molecule has 2 fully saturated rings. The fraction of sp³-hybridized carbons (Fsp3) is 0.556. The van der Waals surface area contributed by atoms with Crippen molar-refractivity contribution in [3.8, 4) is 22.6 Å². The van der Waals surface area contributed by atoms with Crippen molar-refractivity contribution >= 4 is 0 Å². The predicted molar refractivity (Wildman–Crippen MR) is 120 cm³/mol. The molecule has 2 aromatic carbocycles. The Balaban J connectivity index is 1.40. The molecule has 180 valence electrons. The molecule has 2 saturated carbocycles. The van der Waals surface area contributed by atoms with Crippen LogP contribution in [-0.4, -0.2) is 13.7 Å². The predicted octanol–water partition coefficient (Wildman–Crippen LogP) is 7.93. The van der Waals surface area contributed by atoms with Gasteiger partial charge in [0, 0.05) is 11.1 Å². The van der Waals surface area contributed by atoms with Crippen LogP contribution < -0.4 is 9.47 Å². The lowest BCUT2D eigenvalue weighted by Crippen LogP contribution is -2.33. The Morgan fingerprint density at radius 2 is 1.27 bits per heavy atom. The first-order chi connectivity index (χ1) is 15.9. The lowest BCUT2D eigenvalue weighted by Gasteiger charge is -2.42. The minimum Gasteiger partial charge on any atom is -0.494 e. The van der Waals surface area contributed by atoms with Crippen LogP contribution in [0.3, 0.4) is 0 Å². The third-order valence-corrected chi connectivity index (χ3v) is 7.61. The van der Waals surface area contributed by atoms with Gasteiger partial charge in [-0.05, 0) is 80.0 Å². The minimum absolute atomic E-state index is 0.195. The van der Waals surface area contributed by atoms with Crippen LogP contribution in [0.5, 0.6) is 11.5 Å². The Morgan fingerprint density at radius 1 is 0.727 bits per heavy atom. The number of fused-ring (bicyclic) bond motifs is 1. The van der Waals surface area contributed by atoms with Crippen molar-refractivity contribution in [1.29, 1.82) is 0 Å². The molecule has 0 N–H and O–H groups in total. The van der Waals surface area contributed by atoms with Gasteiger partial charge in [0.1, 0.15) is 0 Å². The molecule has 4 rings (SSSR count). The van der Waals surface area contributed by atoms with Gasteiger partial charge in [0.2, 0.25) is 11.6 Å². The van der Waals surface area contributed by atoms with Crippen LogP contribution in [-0.2, 0) is 0 Å². The zero-order valence-electron chi connectivity index (χ0n) is 19.3. The summed E-state index contributed by atoms with van der Waals surface area (Å²) in [7, 11) is 1.20. The molecular weight excluding hydrogens is 432 g/mol. The van der Waals surface area contributed by atoms with Crippen LogP contribution >= 0.6 is 0 Å². The highest BCUT2D eigenvalue weighted by molar-refractivity contribution is 5.67. The SMILES string of the molecule is CCCC1CCC2CC(COc3ccc(-c4ccc(OC)c(F)c4F)c(F)c3F)CCC2C1. The van der Waals surface area contributed by atoms with Crippen molar-refractivity contribution < 1.29 is 27.0 Å². The first-order valence-electron chi connectivity index (χ1n) is 12.1. The number of benzene rings is 2. The summed E-state index contributed by atoms with van der Waals surface area (Å²) >= 11 is 0. The molecule has 4 unspecified atom stereocenters. The van der Waals surface area contributed by atoms with Crippen molar-refractivity contribution in [3.05, 3.63) is 47.5 Å². The summed E-state index contributed by atoms with van der Waals surface area (Å²) in [4.78, 5) is 0. The number of hydrogen-bond donors (Lipinski definition) is 0. The van der Waals surface area contributed by atoms with E-state index in [4.69, 9.17) is 9.47 Å². The lowest BCUT2D eigenvalue weighted by molar-refractivity contribution is 0.0739. The fourth-order valence-corrected chi connectivity index (χ4v) is 5.86. The summed E-state index contributed by atoms with van der Waals surface area (Å²) in [6.45, 7) is 2.59. The molecule has 0 bridgehead atoms. The van der Waals surface area contributed by atoms with E-state index in [2.05, 4.69) is 6.92 Å². The van der Waals surface area contributed by atoms with Gasteiger partial charge in [-0.15, -0.1) is 0 Å². The van der Waals surface area contributed by atoms with Gasteiger partial charge in [0.25, 0.3) is 0 Å². The van der Waals surface area contributed by atoms with Crippen LogP contribution in [0.4, 0.5) is 17.6 Å². The van der Waals surface area contributed by atoms with Gasteiger partial charge in [0.05, 0.1) is 13.7 Å². The van der Waals surface area contributed by atoms with Gasteiger partial charge >= 0.3 is 0 Å². The molecule has 33 heavy (non-hydrogen) atoms. The second kappa shape index (κ2) is 10.4. The molecule has 0 radical (unpaired) electrons. The summed E-state index contributed by atoms with van der Waals surface area (Å²) in [5.74, 6) is -2.78. The average molecular weight is 465 g/mol. The molecule has 2 aliphatic carbocycles. The van der Waals surface area contributed by atoms with Crippen molar-refractivity contribution in [2.75, 3.05) is 13.7 Å². The first kappa shape index (κ1) is 23.9. The van der Waals surface area contributed by atoms with Crippen LogP contribution in [0.15, 0.2) is 24.3 Å². The zero-order chi connectivity index (χ0) is 23.5. The molecule has 0 aliphatic heterocycles. The van der Waals surface area contributed by atoms with E-state index < -0.39 is 23.3 Å². The summed E-state index contributed by atoms with van der Waals surface area (Å²) in [5.41, 5.74) is -0.725. The van der Waals surface area contributed by atoms with E-state index in [0.29, 0.717) is 18.4 Å². The van der Waals surface area contributed by atoms with Crippen molar-refractivity contribution in [2.45, 2.75) is 58.3 Å². The number of methoxy groups -OCH3 is 1. The zero-order valence-corrected chi connectivity index (χ0v) is 19.3. The monoisotopic (exact) mass is 464 g/mol. The van der Waals surface area contributed by atoms with Gasteiger partial charge in [-0.3, -0.25) is 0 Å². The molecule has 0 aromatic heterocycles. The number of rotatable bonds is 7. The molecule has 0 amide bonds. The molecule has 0 spiro atoms. The van der Waals surface area contributed by atoms with E-state index in [1.807, 2.05) is 0 Å². The first-order valence-corrected chi connectivity index (χ1v) is 12.1. The lowest BCUT2D eigenvalue weighted by atomic mass is 9.64. The third kappa shape index (κ3) is 4.99. The Morgan fingerprint density at radius 3 is 1.88 bits per heavy atom. The Hall–Kier alpha value is -2.24. The second-order valence-corrected chi connectivity index (χ2v) is 9.66. The van der Waals surface area contributed by atoms with Crippen molar-refractivity contribution in [3.63, 3.8) is 0 Å². The quantitative estimate of drug-likeness (QED) is 0.387. The van der Waals surface area contributed by atoms with Crippen molar-refractivity contribution in [1.82, 2.24) is 0 Å². The van der Waals surface area contributed by atoms with Crippen LogP contribution in [0.2, 0.25) is 0 Å². The van der Waals surface area contributed by atoms with E-state index in [1.165, 1.54) is 69.9 Å². The van der Waals surface area contributed by atoms with E-state index in [9.17, 15) is 17.6 Å². The summed E-state index contributed by atoms with van der Waals surface area (Å²) in [5, 5.41) is 0. The Bertz CT molecular complexity index is 977. The van der Waals surface area contributed by atoms with E-state index in [0.717, 1.165) is 24.7 Å². The van der Waals surface area contributed by atoms with Gasteiger partial charge in [-0.2, -0.15) is 8.78 Å². The highest BCUT2D eigenvalue weighted by Gasteiger charge is 2.35. The molecule has 2 aliphatic rings. The molecule has 4 atom stereocenters. The fourth-order valence-electron chi connectivity index (χ4n) is 5.86. The largest absolute Gasteiger partial charge is 0.494 e. The van der Waals surface area contributed by atoms with Crippen molar-refractivity contribution in [2.24, 2.45) is 23.7 Å². The third-order valence-electron chi connectivity index (χ3n) is 7.61. The molecule has 2 aromatic rings. The average Bonchev–Trinajstić information content (AvgIpc) is 2.82. The van der Waals surface area contributed by atoms with Crippen LogP contribution in [0.25, 0.3) is 11.1 Å². The normalized spacial score (nSPS) is 24.9. The summed E-state index contributed by atoms with van der Waals surface area (Å²) < 4.78 is 68.3. The Kier molecular flexibility index (Phi) is 7.50. The molecule has 0 saturated heterocycles. The molecule has 6 heteroatoms. The van der Waals surface area contributed by atoms with E-state index >= 15 is 0 Å². The van der Waals surface area contributed by atoms with E-state index in [-0.39, 0.29) is 22.6 Å². The smallest absolute Gasteiger partial charge is 0.201 e. The summed E-state index contributed by atoms with van der Waals surface area (Å²) in [6.07, 6.45) is 9.75. The molecule has 2 nitrogen and oxygen atoms in total. The van der Waals surface area contributed by atoms with Crippen LogP contribution in [0, 0.1) is 46.9 Å². The maximum absolute atomic E-state index is 14.8. The maximum Gasteiger partial charge on any atom is 0.201 e. The highest BCUT2D eigenvalue weighted by Crippen LogP contribution is 2.46.